The number of aliphatic imine (C=N–C) groups is 1. The molecule has 2 saturated heterocycles. The Labute approximate surface area is 179 Å². The number of hydrogen-bond donors (Lipinski definition) is 2. The number of rotatable bonds is 8. The van der Waals surface area contributed by atoms with E-state index in [4.69, 9.17) is 21.1 Å². The summed E-state index contributed by atoms with van der Waals surface area (Å²) in [7, 11) is 5.29. The molecule has 8 heteroatoms. The molecule has 3 rings (SSSR count). The first-order valence-corrected chi connectivity index (χ1v) is 10.8. The topological polar surface area (TPSA) is 61.4 Å². The van der Waals surface area contributed by atoms with E-state index in [1.165, 1.54) is 12.8 Å². The van der Waals surface area contributed by atoms with Gasteiger partial charge in [-0.05, 0) is 44.0 Å². The monoisotopic (exact) mass is 423 g/mol. The summed E-state index contributed by atoms with van der Waals surface area (Å²) >= 11 is 6.20. The zero-order chi connectivity index (χ0) is 20.6. The van der Waals surface area contributed by atoms with Gasteiger partial charge in [0.1, 0.15) is 5.75 Å². The van der Waals surface area contributed by atoms with E-state index in [0.29, 0.717) is 12.1 Å². The summed E-state index contributed by atoms with van der Waals surface area (Å²) < 4.78 is 10.8. The number of nitrogens with zero attached hydrogens (tertiary/aromatic N) is 3. The van der Waals surface area contributed by atoms with Crippen molar-refractivity contribution in [3.63, 3.8) is 0 Å². The van der Waals surface area contributed by atoms with E-state index < -0.39 is 0 Å². The molecule has 2 N–H and O–H groups in total. The molecule has 0 spiro atoms. The Balaban J connectivity index is 1.50. The second-order valence-corrected chi connectivity index (χ2v) is 8.11. The van der Waals surface area contributed by atoms with Crippen molar-refractivity contribution in [3.05, 3.63) is 23.2 Å². The van der Waals surface area contributed by atoms with Gasteiger partial charge in [0.15, 0.2) is 5.96 Å². The molecule has 2 atom stereocenters. The number of ether oxygens (including phenoxy) is 2. The Bertz CT molecular complexity index is 687. The van der Waals surface area contributed by atoms with E-state index in [1.807, 2.05) is 25.2 Å². The van der Waals surface area contributed by atoms with E-state index in [0.717, 1.165) is 68.2 Å². The normalized spacial score (nSPS) is 22.9. The van der Waals surface area contributed by atoms with Crippen molar-refractivity contribution in [1.29, 1.82) is 0 Å². The van der Waals surface area contributed by atoms with E-state index in [2.05, 4.69) is 25.4 Å². The molecule has 0 aromatic heterocycles. The predicted octanol–water partition coefficient (Wildman–Crippen LogP) is 2.20. The van der Waals surface area contributed by atoms with Gasteiger partial charge < -0.3 is 25.0 Å². The lowest BCUT2D eigenvalue weighted by Gasteiger charge is -2.26. The van der Waals surface area contributed by atoms with Gasteiger partial charge in [-0.3, -0.25) is 9.89 Å². The first-order valence-electron chi connectivity index (χ1n) is 10.4. The molecule has 2 unspecified atom stereocenters. The summed E-state index contributed by atoms with van der Waals surface area (Å²) in [5.41, 5.74) is 1.05. The van der Waals surface area contributed by atoms with Crippen LogP contribution in [0.3, 0.4) is 0 Å². The quantitative estimate of drug-likeness (QED) is 0.493. The SMILES string of the molecule is CN=C(NCC1CCCN1CCOC)NC1CCN(c2cc(Cl)ccc2OC)C1. The summed E-state index contributed by atoms with van der Waals surface area (Å²) in [6, 6.07) is 6.64. The maximum Gasteiger partial charge on any atom is 0.191 e. The zero-order valence-corrected chi connectivity index (χ0v) is 18.5. The molecule has 2 aliphatic heterocycles. The molecule has 29 heavy (non-hydrogen) atoms. The third-order valence-electron chi connectivity index (χ3n) is 5.82. The van der Waals surface area contributed by atoms with Gasteiger partial charge in [0.2, 0.25) is 0 Å². The van der Waals surface area contributed by atoms with Crippen LogP contribution in [0.1, 0.15) is 19.3 Å². The van der Waals surface area contributed by atoms with Crippen LogP contribution in [0.15, 0.2) is 23.2 Å². The van der Waals surface area contributed by atoms with Gasteiger partial charge in [-0.25, -0.2) is 0 Å². The van der Waals surface area contributed by atoms with Gasteiger partial charge in [-0.1, -0.05) is 11.6 Å². The number of guanidine groups is 1. The molecule has 2 heterocycles. The highest BCUT2D eigenvalue weighted by Gasteiger charge is 2.27. The second kappa shape index (κ2) is 10.9. The standard InChI is InChI=1S/C21H34ClN5O2/c1-23-21(24-14-18-5-4-9-26(18)11-12-28-2)25-17-8-10-27(15-17)19-13-16(22)6-7-20(19)29-3/h6-7,13,17-18H,4-5,8-12,14-15H2,1-3H3,(H2,23,24,25). The van der Waals surface area contributed by atoms with E-state index in [1.54, 1.807) is 14.2 Å². The smallest absolute Gasteiger partial charge is 0.191 e. The summed E-state index contributed by atoms with van der Waals surface area (Å²) in [6.45, 7) is 5.69. The zero-order valence-electron chi connectivity index (χ0n) is 17.8. The summed E-state index contributed by atoms with van der Waals surface area (Å²) in [4.78, 5) is 9.26. The fraction of sp³-hybridized carbons (Fsp3) is 0.667. The summed E-state index contributed by atoms with van der Waals surface area (Å²) in [5, 5.41) is 7.83. The van der Waals surface area contributed by atoms with Crippen molar-refractivity contribution in [1.82, 2.24) is 15.5 Å². The number of nitrogens with one attached hydrogen (secondary N) is 2. The van der Waals surface area contributed by atoms with E-state index in [-0.39, 0.29) is 0 Å². The van der Waals surface area contributed by atoms with Crippen LogP contribution in [-0.4, -0.2) is 83.5 Å². The second-order valence-electron chi connectivity index (χ2n) is 7.67. The fourth-order valence-electron chi connectivity index (χ4n) is 4.24. The minimum absolute atomic E-state index is 0.332. The first-order chi connectivity index (χ1) is 14.1. The van der Waals surface area contributed by atoms with Gasteiger partial charge in [-0.2, -0.15) is 0 Å². The van der Waals surface area contributed by atoms with Crippen LogP contribution in [0.5, 0.6) is 5.75 Å². The molecule has 0 amide bonds. The maximum absolute atomic E-state index is 6.20. The molecule has 0 aliphatic carbocycles. The van der Waals surface area contributed by atoms with Gasteiger partial charge in [-0.15, -0.1) is 0 Å². The Kier molecular flexibility index (Phi) is 8.27. The highest BCUT2D eigenvalue weighted by molar-refractivity contribution is 6.30. The van der Waals surface area contributed by atoms with Crippen LogP contribution < -0.4 is 20.3 Å². The summed E-state index contributed by atoms with van der Waals surface area (Å²) in [5.74, 6) is 1.73. The van der Waals surface area contributed by atoms with Crippen LogP contribution in [0, 0.1) is 0 Å². The van der Waals surface area contributed by atoms with Crippen LogP contribution in [-0.2, 0) is 4.74 Å². The van der Waals surface area contributed by atoms with Crippen LogP contribution in [0.2, 0.25) is 5.02 Å². The van der Waals surface area contributed by atoms with Gasteiger partial charge in [0, 0.05) is 57.4 Å². The molecule has 0 radical (unpaired) electrons. The Hall–Kier alpha value is -1.70. The predicted molar refractivity (Wildman–Crippen MR) is 120 cm³/mol. The van der Waals surface area contributed by atoms with Crippen molar-refractivity contribution in [3.8, 4) is 5.75 Å². The molecule has 2 aliphatic rings. The third-order valence-corrected chi connectivity index (χ3v) is 6.06. The highest BCUT2D eigenvalue weighted by Crippen LogP contribution is 2.33. The minimum atomic E-state index is 0.332. The lowest BCUT2D eigenvalue weighted by atomic mass is 10.2. The van der Waals surface area contributed by atoms with Crippen molar-refractivity contribution in [2.75, 3.05) is 65.5 Å². The maximum atomic E-state index is 6.20. The Morgan fingerprint density at radius 3 is 2.90 bits per heavy atom. The Morgan fingerprint density at radius 2 is 2.14 bits per heavy atom. The number of benzene rings is 1. The lowest BCUT2D eigenvalue weighted by Crippen LogP contribution is -2.48. The number of methoxy groups -OCH3 is 2. The minimum Gasteiger partial charge on any atom is -0.495 e. The number of hydrogen-bond acceptors (Lipinski definition) is 5. The third kappa shape index (κ3) is 5.90. The van der Waals surface area contributed by atoms with Crippen molar-refractivity contribution in [2.45, 2.75) is 31.3 Å². The lowest BCUT2D eigenvalue weighted by molar-refractivity contribution is 0.141. The molecule has 1 aromatic rings. The van der Waals surface area contributed by atoms with Crippen molar-refractivity contribution >= 4 is 23.2 Å². The van der Waals surface area contributed by atoms with E-state index in [9.17, 15) is 0 Å². The van der Waals surface area contributed by atoms with Gasteiger partial charge in [0.05, 0.1) is 19.4 Å². The van der Waals surface area contributed by atoms with Crippen LogP contribution in [0.25, 0.3) is 0 Å². The molecule has 1 aromatic carbocycles. The largest absolute Gasteiger partial charge is 0.495 e. The highest BCUT2D eigenvalue weighted by atomic mass is 35.5. The molecule has 0 bridgehead atoms. The average Bonchev–Trinajstić information content (AvgIpc) is 3.38. The molecule has 2 fully saturated rings. The van der Waals surface area contributed by atoms with Crippen LogP contribution >= 0.6 is 11.6 Å². The van der Waals surface area contributed by atoms with Crippen molar-refractivity contribution in [2.24, 2.45) is 4.99 Å². The number of anilines is 1. The van der Waals surface area contributed by atoms with Gasteiger partial charge >= 0.3 is 0 Å². The molecule has 162 valence electrons. The number of halogens is 1. The summed E-state index contributed by atoms with van der Waals surface area (Å²) in [6.07, 6.45) is 3.51. The van der Waals surface area contributed by atoms with Crippen molar-refractivity contribution < 1.29 is 9.47 Å². The van der Waals surface area contributed by atoms with E-state index >= 15 is 0 Å². The molecule has 7 nitrogen and oxygen atoms in total. The first kappa shape index (κ1) is 22.0. The van der Waals surface area contributed by atoms with Crippen LogP contribution in [0.4, 0.5) is 5.69 Å². The molecular weight excluding hydrogens is 390 g/mol. The molecule has 0 saturated carbocycles. The van der Waals surface area contributed by atoms with Gasteiger partial charge in [0.25, 0.3) is 0 Å². The Morgan fingerprint density at radius 1 is 1.28 bits per heavy atom. The fourth-order valence-corrected chi connectivity index (χ4v) is 4.41. The molecular formula is C21H34ClN5O2. The number of likely N-dealkylation sites (tertiary alicyclic amines) is 1. The average molecular weight is 424 g/mol.